The smallest absolute Gasteiger partial charge is 0.234 e. The van der Waals surface area contributed by atoms with E-state index in [2.05, 4.69) is 21.6 Å². The molecule has 210 valence electrons. The van der Waals surface area contributed by atoms with Gasteiger partial charge in [0.2, 0.25) is 11.0 Å². The number of amides is 1. The van der Waals surface area contributed by atoms with Gasteiger partial charge in [0.25, 0.3) is 0 Å². The van der Waals surface area contributed by atoms with Gasteiger partial charge in [-0.05, 0) is 36.1 Å². The average Bonchev–Trinajstić information content (AvgIpc) is 3.36. The van der Waals surface area contributed by atoms with E-state index in [1.54, 1.807) is 29.2 Å². The molecule has 3 aromatic rings. The molecule has 0 radical (unpaired) electrons. The summed E-state index contributed by atoms with van der Waals surface area (Å²) in [6.07, 6.45) is 0.740. The zero-order chi connectivity index (χ0) is 29.5. The highest BCUT2D eigenvalue weighted by molar-refractivity contribution is 8.01. The van der Waals surface area contributed by atoms with E-state index in [1.807, 2.05) is 13.8 Å². The van der Waals surface area contributed by atoms with Crippen LogP contribution < -0.4 is 16.0 Å². The van der Waals surface area contributed by atoms with Gasteiger partial charge in [0, 0.05) is 33.3 Å². The maximum Gasteiger partial charge on any atom is 0.234 e. The number of allylic oxidation sites excluding steroid dienone is 3. The fourth-order valence-corrected chi connectivity index (χ4v) is 7.33. The minimum atomic E-state index is -0.833. The third-order valence-electron chi connectivity index (χ3n) is 6.73. The molecule has 3 N–H and O–H groups in total. The molecule has 0 spiro atoms. The van der Waals surface area contributed by atoms with Crippen molar-refractivity contribution < 1.29 is 14.0 Å². The number of carbonyl (C=O) groups is 2. The standard InChI is InChI=1S/C28H23Cl2FN6O2S2/c1-28(2)10-19-24(20(38)11-28)22(23-15(29)6-5-7-16(23)30)14(12-32)25(33)37(19)26-35-36-27(41-26)40-13-21(39)34-18-9-4-3-8-17(18)31/h3-9,22H,10-11,13,33H2,1-2H3,(H,34,39). The number of hydrogen-bond acceptors (Lipinski definition) is 9. The second-order valence-corrected chi connectivity index (χ2v) is 13.3. The van der Waals surface area contributed by atoms with Crippen LogP contribution in [0.3, 0.4) is 0 Å². The number of aromatic nitrogens is 2. The lowest BCUT2D eigenvalue weighted by Gasteiger charge is -2.42. The highest BCUT2D eigenvalue weighted by Gasteiger charge is 2.46. The van der Waals surface area contributed by atoms with Gasteiger partial charge in [-0.15, -0.1) is 10.2 Å². The fraction of sp³-hybridized carbons (Fsp3) is 0.250. The highest BCUT2D eigenvalue weighted by atomic mass is 35.5. The lowest BCUT2D eigenvalue weighted by molar-refractivity contribution is -0.118. The molecule has 0 saturated carbocycles. The van der Waals surface area contributed by atoms with Gasteiger partial charge in [-0.2, -0.15) is 5.26 Å². The first-order chi connectivity index (χ1) is 19.5. The Balaban J connectivity index is 1.50. The molecule has 0 saturated heterocycles. The van der Waals surface area contributed by atoms with E-state index in [1.165, 1.54) is 18.2 Å². The fourth-order valence-electron chi connectivity index (χ4n) is 5.03. The van der Waals surface area contributed by atoms with Gasteiger partial charge >= 0.3 is 0 Å². The minimum Gasteiger partial charge on any atom is -0.384 e. The summed E-state index contributed by atoms with van der Waals surface area (Å²) in [5, 5.41) is 22.3. The molecule has 0 fully saturated rings. The molecule has 41 heavy (non-hydrogen) atoms. The Morgan fingerprint density at radius 3 is 2.61 bits per heavy atom. The number of ketones is 1. The number of thioether (sulfide) groups is 1. The summed E-state index contributed by atoms with van der Waals surface area (Å²) < 4.78 is 14.3. The van der Waals surface area contributed by atoms with Crippen LogP contribution in [-0.4, -0.2) is 27.6 Å². The Labute approximate surface area is 254 Å². The Morgan fingerprint density at radius 1 is 1.22 bits per heavy atom. The summed E-state index contributed by atoms with van der Waals surface area (Å²) >= 11 is 15.4. The van der Waals surface area contributed by atoms with Crippen LogP contribution in [0.15, 0.2) is 69.5 Å². The topological polar surface area (TPSA) is 125 Å². The van der Waals surface area contributed by atoms with Gasteiger partial charge in [0.15, 0.2) is 10.1 Å². The summed E-state index contributed by atoms with van der Waals surface area (Å²) in [4.78, 5) is 27.7. The molecule has 2 aliphatic rings. The molecule has 0 bridgehead atoms. The second kappa shape index (κ2) is 11.4. The van der Waals surface area contributed by atoms with Crippen LogP contribution in [0.25, 0.3) is 0 Å². The van der Waals surface area contributed by atoms with Crippen molar-refractivity contribution in [1.82, 2.24) is 10.2 Å². The van der Waals surface area contributed by atoms with E-state index >= 15 is 0 Å². The number of anilines is 2. The van der Waals surface area contributed by atoms with Gasteiger partial charge in [-0.1, -0.05) is 78.3 Å². The number of para-hydroxylation sites is 1. The monoisotopic (exact) mass is 628 g/mol. The van der Waals surface area contributed by atoms with Crippen molar-refractivity contribution in [3.8, 4) is 6.07 Å². The number of halogens is 3. The molecular formula is C28H23Cl2FN6O2S2. The third-order valence-corrected chi connectivity index (χ3v) is 9.43. The van der Waals surface area contributed by atoms with Crippen molar-refractivity contribution in [1.29, 1.82) is 5.26 Å². The summed E-state index contributed by atoms with van der Waals surface area (Å²) in [6.45, 7) is 3.97. The quantitative estimate of drug-likeness (QED) is 0.290. The van der Waals surface area contributed by atoms with Gasteiger partial charge in [-0.3, -0.25) is 14.5 Å². The van der Waals surface area contributed by atoms with E-state index in [4.69, 9.17) is 28.9 Å². The van der Waals surface area contributed by atoms with Crippen molar-refractivity contribution in [3.05, 3.63) is 86.6 Å². The number of nitrogens with two attached hydrogens (primary N) is 1. The molecule has 2 heterocycles. The van der Waals surface area contributed by atoms with Crippen LogP contribution in [0.1, 0.15) is 38.2 Å². The molecule has 8 nitrogen and oxygen atoms in total. The molecule has 2 aromatic carbocycles. The molecule has 5 rings (SSSR count). The number of benzene rings is 2. The Bertz CT molecular complexity index is 1660. The first-order valence-electron chi connectivity index (χ1n) is 12.4. The van der Waals surface area contributed by atoms with Crippen molar-refractivity contribution in [2.24, 2.45) is 11.1 Å². The normalized spacial score (nSPS) is 18.3. The van der Waals surface area contributed by atoms with E-state index in [9.17, 15) is 19.2 Å². The first kappa shape index (κ1) is 29.1. The predicted octanol–water partition coefficient (Wildman–Crippen LogP) is 6.66. The van der Waals surface area contributed by atoms with Crippen LogP contribution in [0.4, 0.5) is 15.2 Å². The predicted molar refractivity (Wildman–Crippen MR) is 159 cm³/mol. The van der Waals surface area contributed by atoms with Crippen LogP contribution in [0.2, 0.25) is 10.0 Å². The Hall–Kier alpha value is -3.43. The molecule has 1 aromatic heterocycles. The zero-order valence-corrected chi connectivity index (χ0v) is 25.0. The van der Waals surface area contributed by atoms with Gasteiger partial charge in [0.1, 0.15) is 11.6 Å². The summed E-state index contributed by atoms with van der Waals surface area (Å²) in [5.41, 5.74) is 7.93. The Kier molecular flexibility index (Phi) is 8.12. The average molecular weight is 630 g/mol. The van der Waals surface area contributed by atoms with Crippen LogP contribution in [0.5, 0.6) is 0 Å². The summed E-state index contributed by atoms with van der Waals surface area (Å²) in [7, 11) is 0. The van der Waals surface area contributed by atoms with Gasteiger partial charge in [-0.25, -0.2) is 4.39 Å². The molecule has 1 atom stereocenters. The molecule has 13 heteroatoms. The number of nitriles is 1. The van der Waals surface area contributed by atoms with E-state index in [0.717, 1.165) is 23.1 Å². The first-order valence-corrected chi connectivity index (χ1v) is 15.0. The van der Waals surface area contributed by atoms with Gasteiger partial charge < -0.3 is 11.1 Å². The van der Waals surface area contributed by atoms with E-state index in [0.29, 0.717) is 42.8 Å². The summed E-state index contributed by atoms with van der Waals surface area (Å²) in [5.74, 6) is -1.85. The van der Waals surface area contributed by atoms with Crippen molar-refractivity contribution in [2.75, 3.05) is 16.0 Å². The van der Waals surface area contributed by atoms with E-state index in [-0.39, 0.29) is 40.5 Å². The zero-order valence-electron chi connectivity index (χ0n) is 21.9. The number of hydrogen-bond donors (Lipinski definition) is 2. The van der Waals surface area contributed by atoms with Gasteiger partial charge in [0.05, 0.1) is 29.0 Å². The molecular weight excluding hydrogens is 606 g/mol. The number of Topliss-reactive ketones (excluding diaryl/α,β-unsaturated/α-hetero) is 1. The number of rotatable bonds is 6. The maximum atomic E-state index is 13.9. The maximum absolute atomic E-state index is 13.9. The molecule has 1 aliphatic carbocycles. The third kappa shape index (κ3) is 5.70. The number of nitrogens with one attached hydrogen (secondary N) is 1. The largest absolute Gasteiger partial charge is 0.384 e. The van der Waals surface area contributed by atoms with Crippen molar-refractivity contribution in [3.63, 3.8) is 0 Å². The highest BCUT2D eigenvalue weighted by Crippen LogP contribution is 2.52. The molecule has 1 aliphatic heterocycles. The Morgan fingerprint density at radius 2 is 1.93 bits per heavy atom. The lowest BCUT2D eigenvalue weighted by Crippen LogP contribution is -2.42. The van der Waals surface area contributed by atoms with Crippen LogP contribution >= 0.6 is 46.3 Å². The lowest BCUT2D eigenvalue weighted by atomic mass is 9.68. The van der Waals surface area contributed by atoms with Crippen molar-refractivity contribution in [2.45, 2.75) is 36.9 Å². The second-order valence-electron chi connectivity index (χ2n) is 10.3. The minimum absolute atomic E-state index is 0.0374. The molecule has 1 amide bonds. The van der Waals surface area contributed by atoms with Crippen LogP contribution in [-0.2, 0) is 9.59 Å². The summed E-state index contributed by atoms with van der Waals surface area (Å²) in [6, 6.07) is 13.1. The van der Waals surface area contributed by atoms with E-state index < -0.39 is 17.6 Å². The number of nitrogens with zero attached hydrogens (tertiary/aromatic N) is 4. The van der Waals surface area contributed by atoms with Crippen molar-refractivity contribution >= 4 is 68.8 Å². The SMILES string of the molecule is CC1(C)CC(=O)C2=C(C1)N(c1nnc(SCC(=O)Nc3ccccc3F)s1)C(N)=C(C#N)C2c1c(Cl)cccc1Cl. The molecule has 1 unspecified atom stereocenters. The number of carbonyl (C=O) groups excluding carboxylic acids is 2. The van der Waals surface area contributed by atoms with Crippen LogP contribution in [0, 0.1) is 22.6 Å².